The maximum atomic E-state index is 13.3. The summed E-state index contributed by atoms with van der Waals surface area (Å²) in [5, 5.41) is 21.3. The van der Waals surface area contributed by atoms with Crippen LogP contribution in [0, 0.1) is 31.9 Å². The molecule has 0 saturated carbocycles. The molecule has 2 aromatic rings. The lowest BCUT2D eigenvalue weighted by Gasteiger charge is -1.99. The largest absolute Gasteiger partial charge is 0.698 e. The van der Waals surface area contributed by atoms with E-state index in [9.17, 15) is 33.6 Å². The molecule has 2 rings (SSSR count). The molecular formula is C14H10F2N2O7P+. The standard InChI is InChI=1S/C14H10F2N2O7P/c15-11-1-9(3-13(5-11)17(19)20)7-24-26(23)25-8-10-2-12(16)6-14(4-10)18(21)22/h1-6H,7-8H2/q+1. The van der Waals surface area contributed by atoms with Crippen LogP contribution < -0.4 is 0 Å². The molecule has 0 aliphatic rings. The normalized spacial score (nSPS) is 10.5. The van der Waals surface area contributed by atoms with E-state index in [1.807, 2.05) is 0 Å². The topological polar surface area (TPSA) is 122 Å². The lowest BCUT2D eigenvalue weighted by Crippen LogP contribution is -1.95. The molecule has 26 heavy (non-hydrogen) atoms. The van der Waals surface area contributed by atoms with E-state index in [4.69, 9.17) is 9.05 Å². The Hall–Kier alpha value is -2.88. The van der Waals surface area contributed by atoms with Crippen molar-refractivity contribution in [2.75, 3.05) is 0 Å². The van der Waals surface area contributed by atoms with Gasteiger partial charge in [0.05, 0.1) is 22.0 Å². The van der Waals surface area contributed by atoms with Crippen LogP contribution in [-0.4, -0.2) is 9.85 Å². The van der Waals surface area contributed by atoms with Gasteiger partial charge in [0.1, 0.15) is 24.8 Å². The third-order valence-corrected chi connectivity index (χ3v) is 3.66. The molecular weight excluding hydrogens is 377 g/mol. The summed E-state index contributed by atoms with van der Waals surface area (Å²) >= 11 is 0. The number of nitrogens with zero attached hydrogens (tertiary/aromatic N) is 2. The molecule has 0 aliphatic heterocycles. The number of non-ortho nitro benzene ring substituents is 2. The highest BCUT2D eigenvalue weighted by atomic mass is 31.1. The number of hydrogen-bond donors (Lipinski definition) is 0. The molecule has 0 amide bonds. The van der Waals surface area contributed by atoms with Crippen molar-refractivity contribution in [3.63, 3.8) is 0 Å². The van der Waals surface area contributed by atoms with Gasteiger partial charge in [-0.25, -0.2) is 8.78 Å². The molecule has 0 aliphatic carbocycles. The molecule has 0 heterocycles. The van der Waals surface area contributed by atoms with E-state index < -0.39 is 54.3 Å². The van der Waals surface area contributed by atoms with Crippen LogP contribution in [0.5, 0.6) is 0 Å². The predicted octanol–water partition coefficient (Wildman–Crippen LogP) is 4.17. The molecule has 0 N–H and O–H groups in total. The van der Waals surface area contributed by atoms with Gasteiger partial charge in [0.15, 0.2) is 0 Å². The van der Waals surface area contributed by atoms with Gasteiger partial charge in [-0.3, -0.25) is 20.2 Å². The molecule has 0 atom stereocenters. The van der Waals surface area contributed by atoms with Gasteiger partial charge in [-0.1, -0.05) is 0 Å². The van der Waals surface area contributed by atoms with E-state index in [0.29, 0.717) is 0 Å². The first kappa shape index (κ1) is 19.4. The summed E-state index contributed by atoms with van der Waals surface area (Å²) in [6.45, 7) is -0.867. The first-order chi connectivity index (χ1) is 12.2. The van der Waals surface area contributed by atoms with Gasteiger partial charge < -0.3 is 0 Å². The van der Waals surface area contributed by atoms with Crippen molar-refractivity contribution in [2.24, 2.45) is 0 Å². The van der Waals surface area contributed by atoms with E-state index in [-0.39, 0.29) is 11.1 Å². The molecule has 0 radical (unpaired) electrons. The smallest absolute Gasteiger partial charge is 0.258 e. The zero-order valence-electron chi connectivity index (χ0n) is 12.8. The highest BCUT2D eigenvalue weighted by molar-refractivity contribution is 7.33. The maximum Gasteiger partial charge on any atom is 0.698 e. The minimum Gasteiger partial charge on any atom is -0.258 e. The van der Waals surface area contributed by atoms with Crippen molar-refractivity contribution in [2.45, 2.75) is 13.2 Å². The maximum absolute atomic E-state index is 13.3. The summed E-state index contributed by atoms with van der Waals surface area (Å²) in [6.07, 6.45) is 0. The Labute approximate surface area is 145 Å². The Bertz CT molecular complexity index is 809. The highest BCUT2D eigenvalue weighted by Crippen LogP contribution is 2.29. The molecule has 0 aromatic heterocycles. The van der Waals surface area contributed by atoms with Gasteiger partial charge in [0.25, 0.3) is 11.4 Å². The minimum absolute atomic E-state index is 0.0602. The molecule has 2 aromatic carbocycles. The lowest BCUT2D eigenvalue weighted by molar-refractivity contribution is -0.385. The second-order valence-electron chi connectivity index (χ2n) is 4.92. The van der Waals surface area contributed by atoms with Crippen molar-refractivity contribution in [1.29, 1.82) is 0 Å². The zero-order valence-corrected chi connectivity index (χ0v) is 13.7. The van der Waals surface area contributed by atoms with E-state index in [0.717, 1.165) is 36.4 Å². The first-order valence-electron chi connectivity index (χ1n) is 6.85. The van der Waals surface area contributed by atoms with Crippen LogP contribution in [0.25, 0.3) is 0 Å². The molecule has 9 nitrogen and oxygen atoms in total. The fourth-order valence-electron chi connectivity index (χ4n) is 1.94. The zero-order chi connectivity index (χ0) is 19.3. The SMILES string of the molecule is O=[N+]([O-])c1cc(F)cc(CO[P+](=O)OCc2cc(F)cc([N+](=O)[O-])c2)c1. The molecule has 0 fully saturated rings. The molecule has 12 heteroatoms. The first-order valence-corrected chi connectivity index (χ1v) is 7.95. The third-order valence-electron chi connectivity index (χ3n) is 2.98. The number of halogens is 2. The number of nitro benzene ring substituents is 2. The van der Waals surface area contributed by atoms with Gasteiger partial charge >= 0.3 is 8.25 Å². The van der Waals surface area contributed by atoms with Gasteiger partial charge in [-0.15, -0.1) is 9.05 Å². The summed E-state index contributed by atoms with van der Waals surface area (Å²) in [5.41, 5.74) is -0.867. The van der Waals surface area contributed by atoms with E-state index in [1.165, 1.54) is 0 Å². The van der Waals surface area contributed by atoms with Crippen molar-refractivity contribution in [3.05, 3.63) is 79.4 Å². The van der Waals surface area contributed by atoms with Crippen LogP contribution in [-0.2, 0) is 26.8 Å². The summed E-state index contributed by atoms with van der Waals surface area (Å²) < 4.78 is 47.8. The van der Waals surface area contributed by atoms with Gasteiger partial charge in [-0.2, -0.15) is 0 Å². The van der Waals surface area contributed by atoms with Gasteiger partial charge in [0, 0.05) is 16.7 Å². The highest BCUT2D eigenvalue weighted by Gasteiger charge is 2.23. The van der Waals surface area contributed by atoms with E-state index in [2.05, 4.69) is 0 Å². The van der Waals surface area contributed by atoms with Crippen molar-refractivity contribution in [3.8, 4) is 0 Å². The van der Waals surface area contributed by atoms with Crippen molar-refractivity contribution >= 4 is 19.6 Å². The van der Waals surface area contributed by atoms with Crippen LogP contribution in [0.15, 0.2) is 36.4 Å². The van der Waals surface area contributed by atoms with Gasteiger partial charge in [0.2, 0.25) is 0 Å². The van der Waals surface area contributed by atoms with Crippen LogP contribution >= 0.6 is 8.25 Å². The average molecular weight is 387 g/mol. The Morgan fingerprint density at radius 1 is 0.808 bits per heavy atom. The van der Waals surface area contributed by atoms with Crippen LogP contribution in [0.2, 0.25) is 0 Å². The molecule has 0 spiro atoms. The minimum atomic E-state index is -2.73. The monoisotopic (exact) mass is 387 g/mol. The molecule has 0 unspecified atom stereocenters. The Morgan fingerprint density at radius 2 is 1.19 bits per heavy atom. The summed E-state index contributed by atoms with van der Waals surface area (Å²) in [6, 6.07) is 5.45. The van der Waals surface area contributed by atoms with Crippen LogP contribution in [0.4, 0.5) is 20.2 Å². The number of benzene rings is 2. The fraction of sp³-hybridized carbons (Fsp3) is 0.143. The van der Waals surface area contributed by atoms with Crippen molar-refractivity contribution < 1.29 is 32.2 Å². The number of hydrogen-bond acceptors (Lipinski definition) is 7. The summed E-state index contributed by atoms with van der Waals surface area (Å²) in [5.74, 6) is -1.72. The van der Waals surface area contributed by atoms with Crippen LogP contribution in [0.1, 0.15) is 11.1 Å². The molecule has 0 bridgehead atoms. The Kier molecular flexibility index (Phi) is 6.34. The Morgan fingerprint density at radius 3 is 1.54 bits per heavy atom. The van der Waals surface area contributed by atoms with Crippen LogP contribution in [0.3, 0.4) is 0 Å². The Balaban J connectivity index is 1.94. The predicted molar refractivity (Wildman–Crippen MR) is 83.3 cm³/mol. The van der Waals surface area contributed by atoms with E-state index in [1.54, 1.807) is 0 Å². The fourth-order valence-corrected chi connectivity index (χ4v) is 2.52. The average Bonchev–Trinajstić information content (AvgIpc) is 2.57. The second-order valence-corrected chi connectivity index (χ2v) is 5.88. The lowest BCUT2D eigenvalue weighted by atomic mass is 10.2. The molecule has 0 saturated heterocycles. The third kappa shape index (κ3) is 5.59. The summed E-state index contributed by atoms with van der Waals surface area (Å²) in [7, 11) is -2.73. The number of rotatable bonds is 8. The van der Waals surface area contributed by atoms with E-state index >= 15 is 0 Å². The quantitative estimate of drug-likeness (QED) is 0.378. The second kappa shape index (κ2) is 8.48. The number of nitro groups is 2. The summed E-state index contributed by atoms with van der Waals surface area (Å²) in [4.78, 5) is 19.7. The van der Waals surface area contributed by atoms with Crippen molar-refractivity contribution in [1.82, 2.24) is 0 Å². The molecule has 136 valence electrons. The van der Waals surface area contributed by atoms with Gasteiger partial charge in [-0.05, 0) is 23.3 Å².